The van der Waals surface area contributed by atoms with Gasteiger partial charge < -0.3 is 9.80 Å². The quantitative estimate of drug-likeness (QED) is 0.796. The van der Waals surface area contributed by atoms with E-state index >= 15 is 0 Å². The predicted molar refractivity (Wildman–Crippen MR) is 83.8 cm³/mol. The molecule has 0 aromatic heterocycles. The Balaban J connectivity index is 0.00000180. The van der Waals surface area contributed by atoms with E-state index in [1.54, 1.807) is 12.1 Å². The van der Waals surface area contributed by atoms with E-state index in [2.05, 4.69) is 16.8 Å². The lowest BCUT2D eigenvalue weighted by Crippen LogP contribution is -2.45. The van der Waals surface area contributed by atoms with Crippen molar-refractivity contribution < 1.29 is 9.18 Å². The molecule has 1 aromatic carbocycles. The van der Waals surface area contributed by atoms with Crippen LogP contribution in [-0.2, 0) is 0 Å². The summed E-state index contributed by atoms with van der Waals surface area (Å²) in [5, 5.41) is 0. The lowest BCUT2D eigenvalue weighted by molar-refractivity contribution is 0.0941. The van der Waals surface area contributed by atoms with Crippen molar-refractivity contribution in [1.82, 2.24) is 9.80 Å². The van der Waals surface area contributed by atoms with Gasteiger partial charge >= 0.3 is 0 Å². The van der Waals surface area contributed by atoms with E-state index in [0.29, 0.717) is 12.0 Å². The first-order chi connectivity index (χ1) is 8.65. The fourth-order valence-corrected chi connectivity index (χ4v) is 2.14. The molecule has 1 heterocycles. The highest BCUT2D eigenvalue weighted by atomic mass is 35.5. The second-order valence-corrected chi connectivity index (χ2v) is 4.83. The maximum Gasteiger partial charge on any atom is 0.164 e. The highest BCUT2D eigenvalue weighted by Gasteiger charge is 2.15. The molecule has 2 rings (SSSR count). The summed E-state index contributed by atoms with van der Waals surface area (Å²) in [6, 6.07) is 5.93. The van der Waals surface area contributed by atoms with Crippen LogP contribution in [0.3, 0.4) is 0 Å². The van der Waals surface area contributed by atoms with Gasteiger partial charge in [-0.3, -0.25) is 4.79 Å². The van der Waals surface area contributed by atoms with Crippen LogP contribution < -0.4 is 0 Å². The van der Waals surface area contributed by atoms with Gasteiger partial charge in [0.15, 0.2) is 5.78 Å². The molecule has 0 amide bonds. The molecule has 1 aliphatic rings. The molecule has 1 aromatic rings. The highest BCUT2D eigenvalue weighted by molar-refractivity contribution is 5.96. The molecule has 0 saturated carbocycles. The number of likely N-dealkylation sites (N-methyl/N-ethyl adjacent to an activating group) is 1. The molecule has 0 spiro atoms. The van der Waals surface area contributed by atoms with Crippen LogP contribution in [0.15, 0.2) is 24.3 Å². The van der Waals surface area contributed by atoms with E-state index in [0.717, 1.165) is 32.7 Å². The average molecular weight is 323 g/mol. The standard InChI is InChI=1S/C14H19FN2O.2ClH/c1-16-7-9-17(10-8-16)6-5-14(18)12-3-2-4-13(15)11-12;;/h2-4,11H,5-10H2,1H3;2*1H. The molecule has 0 bridgehead atoms. The number of ketones is 1. The van der Waals surface area contributed by atoms with Crippen molar-refractivity contribution in [2.24, 2.45) is 0 Å². The topological polar surface area (TPSA) is 23.6 Å². The fourth-order valence-electron chi connectivity index (χ4n) is 2.14. The second-order valence-electron chi connectivity index (χ2n) is 4.83. The average Bonchev–Trinajstić information content (AvgIpc) is 2.38. The van der Waals surface area contributed by atoms with Gasteiger partial charge in [-0.1, -0.05) is 12.1 Å². The van der Waals surface area contributed by atoms with Crippen LogP contribution in [0.1, 0.15) is 16.8 Å². The van der Waals surface area contributed by atoms with Crippen LogP contribution in [0.25, 0.3) is 0 Å². The number of benzene rings is 1. The van der Waals surface area contributed by atoms with Crippen molar-refractivity contribution in [3.05, 3.63) is 35.6 Å². The maximum atomic E-state index is 13.0. The Labute approximate surface area is 131 Å². The van der Waals surface area contributed by atoms with Crippen LogP contribution in [0.5, 0.6) is 0 Å². The number of halogens is 3. The van der Waals surface area contributed by atoms with Crippen molar-refractivity contribution >= 4 is 30.6 Å². The predicted octanol–water partition coefficient (Wildman–Crippen LogP) is 2.49. The van der Waals surface area contributed by atoms with Crippen LogP contribution in [0.4, 0.5) is 4.39 Å². The largest absolute Gasteiger partial charge is 0.304 e. The maximum absolute atomic E-state index is 13.0. The van der Waals surface area contributed by atoms with Crippen molar-refractivity contribution in [3.63, 3.8) is 0 Å². The first-order valence-corrected chi connectivity index (χ1v) is 6.35. The van der Waals surface area contributed by atoms with Crippen LogP contribution in [0.2, 0.25) is 0 Å². The number of carbonyl (C=O) groups is 1. The summed E-state index contributed by atoms with van der Waals surface area (Å²) >= 11 is 0. The highest BCUT2D eigenvalue weighted by Crippen LogP contribution is 2.08. The van der Waals surface area contributed by atoms with Gasteiger partial charge in [0, 0.05) is 44.7 Å². The molecule has 3 nitrogen and oxygen atoms in total. The number of rotatable bonds is 4. The SMILES string of the molecule is CN1CCN(CCC(=O)c2cccc(F)c2)CC1.Cl.Cl. The molecule has 6 heteroatoms. The summed E-state index contributed by atoms with van der Waals surface area (Å²) in [6.07, 6.45) is 0.465. The number of nitrogens with zero attached hydrogens (tertiary/aromatic N) is 2. The third-order valence-electron chi connectivity index (χ3n) is 3.40. The third-order valence-corrected chi connectivity index (χ3v) is 3.40. The summed E-state index contributed by atoms with van der Waals surface area (Å²) in [7, 11) is 2.11. The summed E-state index contributed by atoms with van der Waals surface area (Å²) < 4.78 is 13.0. The fraction of sp³-hybridized carbons (Fsp3) is 0.500. The van der Waals surface area contributed by atoms with Crippen molar-refractivity contribution in [2.75, 3.05) is 39.8 Å². The first-order valence-electron chi connectivity index (χ1n) is 6.35. The Morgan fingerprint density at radius 2 is 1.85 bits per heavy atom. The molecule has 114 valence electrons. The van der Waals surface area contributed by atoms with Gasteiger partial charge in [0.25, 0.3) is 0 Å². The zero-order valence-corrected chi connectivity index (χ0v) is 13.2. The zero-order chi connectivity index (χ0) is 13.0. The lowest BCUT2D eigenvalue weighted by Gasteiger charge is -2.32. The van der Waals surface area contributed by atoms with Gasteiger partial charge in [-0.15, -0.1) is 24.8 Å². The third kappa shape index (κ3) is 5.75. The summed E-state index contributed by atoms with van der Waals surface area (Å²) in [4.78, 5) is 16.5. The molecular formula is C14H21Cl2FN2O. The second kappa shape index (κ2) is 9.29. The van der Waals surface area contributed by atoms with Gasteiger partial charge in [-0.05, 0) is 19.2 Å². The molecule has 0 aliphatic carbocycles. The monoisotopic (exact) mass is 322 g/mol. The molecule has 1 saturated heterocycles. The molecule has 0 radical (unpaired) electrons. The number of Topliss-reactive ketones (excluding diaryl/α,β-unsaturated/α-hetero) is 1. The van der Waals surface area contributed by atoms with E-state index in [9.17, 15) is 9.18 Å². The number of hydrogen-bond donors (Lipinski definition) is 0. The molecule has 0 N–H and O–H groups in total. The van der Waals surface area contributed by atoms with Crippen molar-refractivity contribution in [1.29, 1.82) is 0 Å². The molecular weight excluding hydrogens is 302 g/mol. The van der Waals surface area contributed by atoms with Crippen molar-refractivity contribution in [2.45, 2.75) is 6.42 Å². The van der Waals surface area contributed by atoms with Gasteiger partial charge in [-0.25, -0.2) is 4.39 Å². The Kier molecular flexibility index (Phi) is 8.98. The van der Waals surface area contributed by atoms with Gasteiger partial charge in [-0.2, -0.15) is 0 Å². The smallest absolute Gasteiger partial charge is 0.164 e. The first kappa shape index (κ1) is 19.3. The van der Waals surface area contributed by atoms with Gasteiger partial charge in [0.05, 0.1) is 0 Å². The van der Waals surface area contributed by atoms with E-state index < -0.39 is 0 Å². The van der Waals surface area contributed by atoms with E-state index in [1.165, 1.54) is 12.1 Å². The Bertz CT molecular complexity index is 423. The van der Waals surface area contributed by atoms with Crippen LogP contribution in [-0.4, -0.2) is 55.4 Å². The van der Waals surface area contributed by atoms with Crippen LogP contribution >= 0.6 is 24.8 Å². The minimum Gasteiger partial charge on any atom is -0.304 e. The zero-order valence-electron chi connectivity index (χ0n) is 11.5. The van der Waals surface area contributed by atoms with Gasteiger partial charge in [0.2, 0.25) is 0 Å². The summed E-state index contributed by atoms with van der Waals surface area (Å²) in [6.45, 7) is 4.88. The Morgan fingerprint density at radius 3 is 2.45 bits per heavy atom. The molecule has 1 fully saturated rings. The lowest BCUT2D eigenvalue weighted by atomic mass is 10.1. The minimum atomic E-state index is -0.347. The summed E-state index contributed by atoms with van der Waals surface area (Å²) in [5.41, 5.74) is 0.476. The van der Waals surface area contributed by atoms with E-state index in [4.69, 9.17) is 0 Å². The molecule has 0 atom stereocenters. The minimum absolute atomic E-state index is 0. The van der Waals surface area contributed by atoms with E-state index in [-0.39, 0.29) is 36.4 Å². The van der Waals surface area contributed by atoms with Gasteiger partial charge in [0.1, 0.15) is 5.82 Å². The van der Waals surface area contributed by atoms with Crippen molar-refractivity contribution in [3.8, 4) is 0 Å². The summed E-state index contributed by atoms with van der Waals surface area (Å²) in [5.74, 6) is -0.325. The Morgan fingerprint density at radius 1 is 1.20 bits per heavy atom. The molecule has 1 aliphatic heterocycles. The normalized spacial score (nSPS) is 16.1. The number of hydrogen-bond acceptors (Lipinski definition) is 3. The molecule has 0 unspecified atom stereocenters. The Hall–Kier alpha value is -0.680. The van der Waals surface area contributed by atoms with Crippen LogP contribution in [0, 0.1) is 5.82 Å². The number of carbonyl (C=O) groups excluding carboxylic acids is 1. The number of piperazine rings is 1. The van der Waals surface area contributed by atoms with E-state index in [1.807, 2.05) is 0 Å². The molecule has 20 heavy (non-hydrogen) atoms.